The van der Waals surface area contributed by atoms with Crippen molar-refractivity contribution >= 4 is 5.91 Å². The third-order valence-electron chi connectivity index (χ3n) is 3.11. The van der Waals surface area contributed by atoms with E-state index in [0.29, 0.717) is 12.1 Å². The van der Waals surface area contributed by atoms with Gasteiger partial charge in [-0.25, -0.2) is 0 Å². The third kappa shape index (κ3) is 4.43. The highest BCUT2D eigenvalue weighted by Gasteiger charge is 2.05. The number of nitrogens with two attached hydrogens (primary N) is 1. The molecular formula is C17H22N2O. The van der Waals surface area contributed by atoms with E-state index in [2.05, 4.69) is 44.5 Å². The van der Waals surface area contributed by atoms with E-state index in [9.17, 15) is 4.79 Å². The molecule has 3 heteroatoms. The van der Waals surface area contributed by atoms with Gasteiger partial charge >= 0.3 is 0 Å². The number of rotatable bonds is 6. The molecule has 0 radical (unpaired) electrons. The van der Waals surface area contributed by atoms with Gasteiger partial charge in [0.15, 0.2) is 0 Å². The average molecular weight is 270 g/mol. The van der Waals surface area contributed by atoms with Crippen LogP contribution in [0.5, 0.6) is 0 Å². The Morgan fingerprint density at radius 1 is 1.45 bits per heavy atom. The van der Waals surface area contributed by atoms with Crippen LogP contribution in [0, 0.1) is 6.92 Å². The topological polar surface area (TPSA) is 55.1 Å². The predicted octanol–water partition coefficient (Wildman–Crippen LogP) is 2.76. The van der Waals surface area contributed by atoms with Crippen molar-refractivity contribution in [3.8, 4) is 0 Å². The molecule has 0 unspecified atom stereocenters. The standard InChI is InChI=1S/C17H22N2O/c1-5-12(3)9-16(18)17(20)19-11-14-7-8-15(6-2)13(4)10-14/h5,7-10H,1,3,6,11,18H2,2,4H3,(H,19,20)/b16-9-. The second kappa shape index (κ2) is 7.34. The Labute approximate surface area is 120 Å². The van der Waals surface area contributed by atoms with Crippen molar-refractivity contribution in [2.24, 2.45) is 5.73 Å². The first-order valence-electron chi connectivity index (χ1n) is 6.63. The molecule has 0 aliphatic rings. The van der Waals surface area contributed by atoms with Crippen LogP contribution in [0.25, 0.3) is 0 Å². The quantitative estimate of drug-likeness (QED) is 0.617. The van der Waals surface area contributed by atoms with Gasteiger partial charge < -0.3 is 11.1 Å². The number of benzene rings is 1. The number of amides is 1. The summed E-state index contributed by atoms with van der Waals surface area (Å²) in [6.07, 6.45) is 4.07. The zero-order chi connectivity index (χ0) is 15.1. The number of nitrogens with one attached hydrogen (secondary N) is 1. The molecule has 3 N–H and O–H groups in total. The van der Waals surface area contributed by atoms with Gasteiger partial charge in [0.1, 0.15) is 0 Å². The molecule has 0 atom stereocenters. The first-order chi connectivity index (χ1) is 9.47. The van der Waals surface area contributed by atoms with Gasteiger partial charge in [-0.1, -0.05) is 44.4 Å². The Morgan fingerprint density at radius 2 is 2.15 bits per heavy atom. The summed E-state index contributed by atoms with van der Waals surface area (Å²) in [6.45, 7) is 11.9. The van der Waals surface area contributed by atoms with Crippen molar-refractivity contribution in [2.75, 3.05) is 0 Å². The highest BCUT2D eigenvalue weighted by atomic mass is 16.1. The van der Waals surface area contributed by atoms with Crippen molar-refractivity contribution in [2.45, 2.75) is 26.8 Å². The van der Waals surface area contributed by atoms with E-state index in [1.165, 1.54) is 17.2 Å². The summed E-state index contributed by atoms with van der Waals surface area (Å²) in [4.78, 5) is 11.8. The third-order valence-corrected chi connectivity index (χ3v) is 3.11. The molecule has 0 aliphatic heterocycles. The lowest BCUT2D eigenvalue weighted by Gasteiger charge is -2.09. The lowest BCUT2D eigenvalue weighted by atomic mass is 10.0. The number of carbonyl (C=O) groups is 1. The molecule has 3 nitrogen and oxygen atoms in total. The number of hydrogen-bond donors (Lipinski definition) is 2. The van der Waals surface area contributed by atoms with Crippen LogP contribution in [0.2, 0.25) is 0 Å². The highest BCUT2D eigenvalue weighted by Crippen LogP contribution is 2.11. The predicted molar refractivity (Wildman–Crippen MR) is 84.0 cm³/mol. The van der Waals surface area contributed by atoms with Crippen LogP contribution in [0.3, 0.4) is 0 Å². The summed E-state index contributed by atoms with van der Waals surface area (Å²) in [6, 6.07) is 6.20. The number of hydrogen-bond acceptors (Lipinski definition) is 2. The molecule has 0 bridgehead atoms. The molecule has 1 aromatic rings. The van der Waals surface area contributed by atoms with Crippen LogP contribution in [-0.2, 0) is 17.8 Å². The number of carbonyl (C=O) groups excluding carboxylic acids is 1. The van der Waals surface area contributed by atoms with Gasteiger partial charge in [-0.05, 0) is 41.7 Å². The van der Waals surface area contributed by atoms with Crippen LogP contribution in [0.15, 0.2) is 54.8 Å². The normalized spacial score (nSPS) is 11.0. The fourth-order valence-corrected chi connectivity index (χ4v) is 1.87. The first-order valence-corrected chi connectivity index (χ1v) is 6.63. The lowest BCUT2D eigenvalue weighted by molar-refractivity contribution is -0.117. The molecule has 0 heterocycles. The molecule has 1 aromatic carbocycles. The molecule has 0 aromatic heterocycles. The Bertz CT molecular complexity index is 556. The van der Waals surface area contributed by atoms with Gasteiger partial charge in [0.05, 0.1) is 5.70 Å². The minimum absolute atomic E-state index is 0.136. The molecule has 0 saturated carbocycles. The van der Waals surface area contributed by atoms with Crippen LogP contribution in [-0.4, -0.2) is 5.91 Å². The Hall–Kier alpha value is -2.29. The van der Waals surface area contributed by atoms with Crippen LogP contribution < -0.4 is 11.1 Å². The minimum Gasteiger partial charge on any atom is -0.394 e. The van der Waals surface area contributed by atoms with Crippen LogP contribution >= 0.6 is 0 Å². The number of aryl methyl sites for hydroxylation is 2. The summed E-state index contributed by atoms with van der Waals surface area (Å²) in [5.41, 5.74) is 10.0. The van der Waals surface area contributed by atoms with Crippen molar-refractivity contribution in [3.63, 3.8) is 0 Å². The summed E-state index contributed by atoms with van der Waals surface area (Å²) in [5.74, 6) is -0.301. The van der Waals surface area contributed by atoms with Crippen LogP contribution in [0.4, 0.5) is 0 Å². The van der Waals surface area contributed by atoms with Crippen molar-refractivity contribution < 1.29 is 4.79 Å². The largest absolute Gasteiger partial charge is 0.394 e. The van der Waals surface area contributed by atoms with Gasteiger partial charge in [0.2, 0.25) is 0 Å². The zero-order valence-electron chi connectivity index (χ0n) is 12.2. The maximum Gasteiger partial charge on any atom is 0.267 e. The Morgan fingerprint density at radius 3 is 2.70 bits per heavy atom. The monoisotopic (exact) mass is 270 g/mol. The molecule has 20 heavy (non-hydrogen) atoms. The molecule has 0 saturated heterocycles. The maximum absolute atomic E-state index is 11.8. The second-order valence-electron chi connectivity index (χ2n) is 4.68. The average Bonchev–Trinajstić information content (AvgIpc) is 2.44. The smallest absolute Gasteiger partial charge is 0.267 e. The minimum atomic E-state index is -0.301. The van der Waals surface area contributed by atoms with E-state index >= 15 is 0 Å². The zero-order valence-corrected chi connectivity index (χ0v) is 12.2. The second-order valence-corrected chi connectivity index (χ2v) is 4.68. The van der Waals surface area contributed by atoms with Crippen molar-refractivity contribution in [1.82, 2.24) is 5.32 Å². The van der Waals surface area contributed by atoms with Gasteiger partial charge in [-0.15, -0.1) is 0 Å². The molecule has 0 spiro atoms. The van der Waals surface area contributed by atoms with E-state index in [4.69, 9.17) is 5.73 Å². The Balaban J connectivity index is 2.65. The lowest BCUT2D eigenvalue weighted by Crippen LogP contribution is -2.28. The van der Waals surface area contributed by atoms with E-state index in [1.807, 2.05) is 6.07 Å². The van der Waals surface area contributed by atoms with E-state index in [-0.39, 0.29) is 11.6 Å². The molecule has 1 amide bonds. The fourth-order valence-electron chi connectivity index (χ4n) is 1.87. The van der Waals surface area contributed by atoms with E-state index in [1.54, 1.807) is 6.08 Å². The van der Waals surface area contributed by atoms with Gasteiger partial charge in [0.25, 0.3) is 5.91 Å². The molecule has 0 fully saturated rings. The molecular weight excluding hydrogens is 248 g/mol. The molecule has 106 valence electrons. The van der Waals surface area contributed by atoms with Crippen molar-refractivity contribution in [1.29, 1.82) is 0 Å². The summed E-state index contributed by atoms with van der Waals surface area (Å²) in [5, 5.41) is 2.79. The summed E-state index contributed by atoms with van der Waals surface area (Å²) < 4.78 is 0. The van der Waals surface area contributed by atoms with E-state index < -0.39 is 0 Å². The maximum atomic E-state index is 11.8. The summed E-state index contributed by atoms with van der Waals surface area (Å²) >= 11 is 0. The van der Waals surface area contributed by atoms with Gasteiger partial charge in [-0.3, -0.25) is 4.79 Å². The highest BCUT2D eigenvalue weighted by molar-refractivity contribution is 5.92. The van der Waals surface area contributed by atoms with Gasteiger partial charge in [0, 0.05) is 6.54 Å². The molecule has 0 aliphatic carbocycles. The fraction of sp³-hybridized carbons (Fsp3) is 0.235. The van der Waals surface area contributed by atoms with Crippen molar-refractivity contribution in [3.05, 3.63) is 71.5 Å². The van der Waals surface area contributed by atoms with Crippen LogP contribution in [0.1, 0.15) is 23.6 Å². The Kier molecular flexibility index (Phi) is 5.78. The van der Waals surface area contributed by atoms with Gasteiger partial charge in [-0.2, -0.15) is 0 Å². The van der Waals surface area contributed by atoms with E-state index in [0.717, 1.165) is 12.0 Å². The summed E-state index contributed by atoms with van der Waals surface area (Å²) in [7, 11) is 0. The number of allylic oxidation sites excluding steroid dienone is 3. The SMILES string of the molecule is C=CC(=C)/C=C(\N)C(=O)NCc1ccc(CC)c(C)c1. The first kappa shape index (κ1) is 15.8. The molecule has 1 rings (SSSR count).